The Morgan fingerprint density at radius 2 is 1.79 bits per heavy atom. The topological polar surface area (TPSA) is 17.1 Å². The molecule has 1 atom stereocenters. The smallest absolute Gasteiger partial charge is 0.294 e. The van der Waals surface area contributed by atoms with E-state index in [9.17, 15) is 22.4 Å². The second-order valence-electron chi connectivity index (χ2n) is 6.85. The number of alkyl halides is 3. The van der Waals surface area contributed by atoms with Gasteiger partial charge in [-0.2, -0.15) is 24.9 Å². The van der Waals surface area contributed by atoms with E-state index in [0.29, 0.717) is 0 Å². The number of carbonyl (C=O) groups excluding carboxylic acids is 1. The molecule has 0 saturated carbocycles. The molecule has 2 aromatic carbocycles. The Balaban J connectivity index is 1.82. The maximum absolute atomic E-state index is 14.3. The van der Waals surface area contributed by atoms with Gasteiger partial charge in [0.25, 0.3) is 0 Å². The highest BCUT2D eigenvalue weighted by Crippen LogP contribution is 2.38. The van der Waals surface area contributed by atoms with Crippen molar-refractivity contribution in [3.63, 3.8) is 0 Å². The van der Waals surface area contributed by atoms with E-state index in [0.717, 1.165) is 23.6 Å². The minimum absolute atomic E-state index is 0.0342. The van der Waals surface area contributed by atoms with E-state index in [4.69, 9.17) is 23.2 Å². The third kappa shape index (κ3) is 5.77. The Morgan fingerprint density at radius 3 is 2.31 bits per heavy atom. The second-order valence-corrected chi connectivity index (χ2v) is 8.80. The van der Waals surface area contributed by atoms with E-state index in [1.807, 2.05) is 0 Å². The average molecular weight is 463 g/mol. The van der Waals surface area contributed by atoms with Crippen molar-refractivity contribution in [2.24, 2.45) is 5.92 Å². The monoisotopic (exact) mass is 462 g/mol. The summed E-state index contributed by atoms with van der Waals surface area (Å²) < 4.78 is 54.9. The van der Waals surface area contributed by atoms with Crippen molar-refractivity contribution < 1.29 is 22.4 Å². The van der Waals surface area contributed by atoms with Crippen LogP contribution in [0.1, 0.15) is 33.8 Å². The van der Waals surface area contributed by atoms with Crippen LogP contribution in [0.15, 0.2) is 42.5 Å². The normalized spacial score (nSPS) is 16.1. The van der Waals surface area contributed by atoms with Gasteiger partial charge in [-0.15, -0.1) is 0 Å². The van der Waals surface area contributed by atoms with Crippen molar-refractivity contribution in [1.29, 1.82) is 0 Å². The molecule has 29 heavy (non-hydrogen) atoms. The molecule has 0 spiro atoms. The van der Waals surface area contributed by atoms with E-state index in [2.05, 4.69) is 0 Å². The molecule has 1 aliphatic rings. The molecular formula is C21H16Cl2F4OS. The van der Waals surface area contributed by atoms with Gasteiger partial charge in [-0.05, 0) is 58.9 Å². The first-order valence-electron chi connectivity index (χ1n) is 8.75. The van der Waals surface area contributed by atoms with Crippen LogP contribution in [0.2, 0.25) is 10.0 Å². The quantitative estimate of drug-likeness (QED) is 0.328. The average Bonchev–Trinajstić information content (AvgIpc) is 2.56. The van der Waals surface area contributed by atoms with Crippen LogP contribution in [0.25, 0.3) is 6.08 Å². The van der Waals surface area contributed by atoms with E-state index < -0.39 is 17.9 Å². The molecule has 1 unspecified atom stereocenters. The summed E-state index contributed by atoms with van der Waals surface area (Å²) in [4.78, 5) is 12.2. The highest BCUT2D eigenvalue weighted by atomic mass is 35.5. The van der Waals surface area contributed by atoms with Crippen LogP contribution in [-0.4, -0.2) is 23.5 Å². The molecule has 8 heteroatoms. The van der Waals surface area contributed by atoms with Gasteiger partial charge in [0.1, 0.15) is 5.82 Å². The molecule has 0 bridgehead atoms. The molecule has 1 saturated heterocycles. The Kier molecular flexibility index (Phi) is 6.97. The molecule has 0 amide bonds. The Bertz CT molecular complexity index is 919. The van der Waals surface area contributed by atoms with Crippen molar-refractivity contribution in [2.45, 2.75) is 18.5 Å². The van der Waals surface area contributed by atoms with Crippen molar-refractivity contribution in [2.75, 3.05) is 11.5 Å². The predicted octanol–water partition coefficient (Wildman–Crippen LogP) is 7.43. The van der Waals surface area contributed by atoms with Crippen molar-refractivity contribution in [1.82, 2.24) is 0 Å². The summed E-state index contributed by atoms with van der Waals surface area (Å²) in [5.74, 6) is -0.938. The van der Waals surface area contributed by atoms with E-state index in [1.54, 1.807) is 11.8 Å². The molecule has 0 aromatic heterocycles. The maximum atomic E-state index is 14.3. The predicted molar refractivity (Wildman–Crippen MR) is 110 cm³/mol. The van der Waals surface area contributed by atoms with Gasteiger partial charge in [0.2, 0.25) is 0 Å². The Hall–Kier alpha value is -1.50. The van der Waals surface area contributed by atoms with Crippen molar-refractivity contribution in [3.8, 4) is 0 Å². The van der Waals surface area contributed by atoms with Gasteiger partial charge < -0.3 is 0 Å². The number of thioether (sulfide) groups is 1. The molecule has 154 valence electrons. The minimum Gasteiger partial charge on any atom is -0.294 e. The highest BCUT2D eigenvalue weighted by molar-refractivity contribution is 8.00. The lowest BCUT2D eigenvalue weighted by molar-refractivity contribution is -0.139. The van der Waals surface area contributed by atoms with E-state index in [1.165, 1.54) is 36.4 Å². The summed E-state index contributed by atoms with van der Waals surface area (Å²) in [6.45, 7) is 0. The van der Waals surface area contributed by atoms with Crippen LogP contribution >= 0.6 is 35.0 Å². The van der Waals surface area contributed by atoms with Gasteiger partial charge in [-0.1, -0.05) is 41.4 Å². The zero-order chi connectivity index (χ0) is 21.2. The van der Waals surface area contributed by atoms with E-state index >= 15 is 0 Å². The third-order valence-corrected chi connectivity index (χ3v) is 6.40. The van der Waals surface area contributed by atoms with Crippen LogP contribution in [0, 0.1) is 11.7 Å². The third-order valence-electron chi connectivity index (χ3n) is 4.55. The van der Waals surface area contributed by atoms with Crippen LogP contribution in [0.4, 0.5) is 17.6 Å². The maximum Gasteiger partial charge on any atom is 0.399 e. The zero-order valence-electron chi connectivity index (χ0n) is 15.0. The number of rotatable bonds is 6. The first-order valence-corrected chi connectivity index (χ1v) is 10.7. The second kappa shape index (κ2) is 9.11. The molecule has 2 aromatic rings. The molecule has 1 fully saturated rings. The SMILES string of the molecule is O=C(CC1CSC1)c1ccc(/C=C/C(c2cc(Cl)cc(Cl)c2)C(F)(F)F)cc1F. The molecule has 0 N–H and O–H groups in total. The lowest BCUT2D eigenvalue weighted by Crippen LogP contribution is -2.22. The van der Waals surface area contributed by atoms with Gasteiger partial charge in [0.15, 0.2) is 5.78 Å². The number of allylic oxidation sites excluding steroid dienone is 1. The number of benzene rings is 2. The lowest BCUT2D eigenvalue weighted by Gasteiger charge is -2.23. The van der Waals surface area contributed by atoms with Crippen molar-refractivity contribution >= 4 is 46.8 Å². The summed E-state index contributed by atoms with van der Waals surface area (Å²) in [5.41, 5.74) is 0.0746. The molecular weight excluding hydrogens is 447 g/mol. The van der Waals surface area contributed by atoms with Crippen LogP contribution in [-0.2, 0) is 0 Å². The molecule has 1 heterocycles. The Morgan fingerprint density at radius 1 is 1.14 bits per heavy atom. The van der Waals surface area contributed by atoms with Crippen LogP contribution in [0.5, 0.6) is 0 Å². The summed E-state index contributed by atoms with van der Waals surface area (Å²) >= 11 is 13.4. The number of halogens is 6. The standard InChI is InChI=1S/C21H16Cl2F4OS/c22-15-7-14(8-16(23)9-15)18(21(25,26)27)4-2-12-1-3-17(19(24)5-12)20(28)6-13-10-29-11-13/h1-5,7-9,13,18H,6,10-11H2/b4-2+. The number of Topliss-reactive ketones (excluding diaryl/α,β-unsaturated/α-hetero) is 1. The number of ketones is 1. The zero-order valence-corrected chi connectivity index (χ0v) is 17.3. The summed E-state index contributed by atoms with van der Waals surface area (Å²) in [7, 11) is 0. The van der Waals surface area contributed by atoms with Crippen molar-refractivity contribution in [3.05, 3.63) is 75.0 Å². The van der Waals surface area contributed by atoms with Gasteiger partial charge >= 0.3 is 6.18 Å². The first-order chi connectivity index (χ1) is 13.6. The number of carbonyl (C=O) groups is 1. The van der Waals surface area contributed by atoms with Gasteiger partial charge in [0.05, 0.1) is 11.5 Å². The fraction of sp³-hybridized carbons (Fsp3) is 0.286. The highest BCUT2D eigenvalue weighted by Gasteiger charge is 2.39. The Labute approximate surface area is 180 Å². The first kappa shape index (κ1) is 22.2. The van der Waals surface area contributed by atoms with E-state index in [-0.39, 0.29) is 44.9 Å². The summed E-state index contributed by atoms with van der Waals surface area (Å²) in [6, 6.07) is 7.55. The van der Waals surface area contributed by atoms with Crippen LogP contribution in [0.3, 0.4) is 0 Å². The number of hydrogen-bond acceptors (Lipinski definition) is 2. The fourth-order valence-electron chi connectivity index (χ4n) is 3.01. The minimum atomic E-state index is -4.58. The molecule has 0 radical (unpaired) electrons. The van der Waals surface area contributed by atoms with Crippen LogP contribution < -0.4 is 0 Å². The van der Waals surface area contributed by atoms with Gasteiger partial charge in [-0.25, -0.2) is 4.39 Å². The summed E-state index contributed by atoms with van der Waals surface area (Å²) in [6.07, 6.45) is -2.21. The molecule has 1 nitrogen and oxygen atoms in total. The molecule has 0 aliphatic carbocycles. The molecule has 1 aliphatic heterocycles. The lowest BCUT2D eigenvalue weighted by atomic mass is 9.96. The largest absolute Gasteiger partial charge is 0.399 e. The molecule has 3 rings (SSSR count). The van der Waals surface area contributed by atoms with Gasteiger partial charge in [0, 0.05) is 16.5 Å². The summed E-state index contributed by atoms with van der Waals surface area (Å²) in [5, 5.41) is 0.183. The van der Waals surface area contributed by atoms with Gasteiger partial charge in [-0.3, -0.25) is 4.79 Å². The fourth-order valence-corrected chi connectivity index (χ4v) is 4.35. The number of hydrogen-bond donors (Lipinski definition) is 0.